The van der Waals surface area contributed by atoms with E-state index in [4.69, 9.17) is 4.74 Å². The molecule has 1 amide bonds. The smallest absolute Gasteiger partial charge is 0.266 e. The number of hydrogen-bond acceptors (Lipinski definition) is 3. The lowest BCUT2D eigenvalue weighted by atomic mass is 10.1. The number of nitriles is 1. The van der Waals surface area contributed by atoms with Crippen LogP contribution in [0.5, 0.6) is 5.75 Å². The number of rotatable bonds is 8. The Labute approximate surface area is 238 Å². The van der Waals surface area contributed by atoms with E-state index in [1.54, 1.807) is 30.3 Å². The van der Waals surface area contributed by atoms with Gasteiger partial charge in [-0.25, -0.2) is 0 Å². The molecule has 41 heavy (non-hydrogen) atoms. The summed E-state index contributed by atoms with van der Waals surface area (Å²) in [4.78, 5) is 13.1. The summed E-state index contributed by atoms with van der Waals surface area (Å²) in [5, 5.41) is 16.1. The van der Waals surface area contributed by atoms with Crippen molar-refractivity contribution in [3.05, 3.63) is 150 Å². The number of nitrogens with one attached hydrogen (secondary N) is 1. The van der Waals surface area contributed by atoms with Crippen LogP contribution in [-0.4, -0.2) is 10.5 Å². The van der Waals surface area contributed by atoms with Crippen LogP contribution in [0.25, 0.3) is 27.8 Å². The first-order valence-corrected chi connectivity index (χ1v) is 13.4. The molecule has 0 atom stereocenters. The fourth-order valence-corrected chi connectivity index (χ4v) is 4.93. The molecule has 198 valence electrons. The second kappa shape index (κ2) is 11.6. The lowest BCUT2D eigenvalue weighted by Gasteiger charge is -2.08. The Balaban J connectivity index is 1.19. The average Bonchev–Trinajstić information content (AvgIpc) is 3.36. The second-order valence-corrected chi connectivity index (χ2v) is 9.83. The van der Waals surface area contributed by atoms with Gasteiger partial charge in [0.2, 0.25) is 0 Å². The van der Waals surface area contributed by atoms with Crippen LogP contribution in [0.3, 0.4) is 0 Å². The van der Waals surface area contributed by atoms with E-state index < -0.39 is 5.91 Å². The van der Waals surface area contributed by atoms with Crippen molar-refractivity contribution in [2.24, 2.45) is 0 Å². The predicted molar refractivity (Wildman–Crippen MR) is 164 cm³/mol. The zero-order valence-electron chi connectivity index (χ0n) is 22.3. The minimum Gasteiger partial charge on any atom is -0.489 e. The maximum absolute atomic E-state index is 13.1. The van der Waals surface area contributed by atoms with Crippen LogP contribution in [0.1, 0.15) is 16.7 Å². The minimum absolute atomic E-state index is 0.0306. The summed E-state index contributed by atoms with van der Waals surface area (Å²) < 4.78 is 7.99. The van der Waals surface area contributed by atoms with E-state index >= 15 is 0 Å². The molecule has 0 spiro atoms. The number of carbonyl (C=O) groups excluding carboxylic acids is 1. The van der Waals surface area contributed by atoms with Crippen molar-refractivity contribution >= 4 is 39.3 Å². The van der Waals surface area contributed by atoms with E-state index in [0.717, 1.165) is 22.0 Å². The molecule has 0 saturated heterocycles. The van der Waals surface area contributed by atoms with Crippen molar-refractivity contribution in [3.8, 4) is 11.8 Å². The highest BCUT2D eigenvalue weighted by Gasteiger charge is 2.13. The number of benzene rings is 5. The third kappa shape index (κ3) is 5.88. The van der Waals surface area contributed by atoms with Gasteiger partial charge in [-0.3, -0.25) is 4.79 Å². The van der Waals surface area contributed by atoms with Crippen LogP contribution in [0.15, 0.2) is 133 Å². The summed E-state index contributed by atoms with van der Waals surface area (Å²) in [5.41, 5.74) is 4.72. The Morgan fingerprint density at radius 3 is 2.34 bits per heavy atom. The second-order valence-electron chi connectivity index (χ2n) is 9.83. The normalized spacial score (nSPS) is 11.3. The molecule has 0 fully saturated rings. The van der Waals surface area contributed by atoms with Crippen molar-refractivity contribution in [1.29, 1.82) is 5.26 Å². The number of ether oxygens (including phenoxy) is 1. The van der Waals surface area contributed by atoms with Gasteiger partial charge in [0.05, 0.1) is 0 Å². The standard InChI is InChI=1S/C36H27N3O2/c37-22-30(36(40)38-32-16-18-33(19-17-32)41-25-26-8-2-1-3-9-26)21-31-24-39(35-13-7-6-12-34(31)35)23-27-14-15-28-10-4-5-11-29(28)20-27/h1-21,24H,23,25H2,(H,38,40)/b30-21+. The molecule has 5 aromatic carbocycles. The summed E-state index contributed by atoms with van der Waals surface area (Å²) >= 11 is 0. The first-order valence-electron chi connectivity index (χ1n) is 13.4. The first-order chi connectivity index (χ1) is 20.2. The molecule has 0 aliphatic rings. The van der Waals surface area contributed by atoms with Crippen LogP contribution in [0.4, 0.5) is 5.69 Å². The van der Waals surface area contributed by atoms with Gasteiger partial charge in [0.15, 0.2) is 0 Å². The van der Waals surface area contributed by atoms with Gasteiger partial charge in [-0.2, -0.15) is 5.26 Å². The Hall–Kier alpha value is -5.60. The van der Waals surface area contributed by atoms with Crippen LogP contribution >= 0.6 is 0 Å². The number of anilines is 1. The quantitative estimate of drug-likeness (QED) is 0.159. The molecule has 5 nitrogen and oxygen atoms in total. The fourth-order valence-electron chi connectivity index (χ4n) is 4.93. The monoisotopic (exact) mass is 533 g/mol. The first kappa shape index (κ1) is 25.7. The highest BCUT2D eigenvalue weighted by atomic mass is 16.5. The zero-order chi connectivity index (χ0) is 28.0. The maximum atomic E-state index is 13.1. The summed E-state index contributed by atoms with van der Waals surface area (Å²) in [6, 6.07) is 42.0. The molecular weight excluding hydrogens is 506 g/mol. The number of nitrogens with zero attached hydrogens (tertiary/aromatic N) is 2. The number of aromatic nitrogens is 1. The predicted octanol–water partition coefficient (Wildman–Crippen LogP) is 7.97. The molecule has 1 heterocycles. The summed E-state index contributed by atoms with van der Waals surface area (Å²) in [6.07, 6.45) is 3.66. The van der Waals surface area contributed by atoms with E-state index in [0.29, 0.717) is 24.6 Å². The molecule has 0 aliphatic heterocycles. The van der Waals surface area contributed by atoms with Crippen molar-refractivity contribution in [2.75, 3.05) is 5.32 Å². The van der Waals surface area contributed by atoms with Gasteiger partial charge >= 0.3 is 0 Å². The van der Waals surface area contributed by atoms with Gasteiger partial charge in [-0.05, 0) is 64.4 Å². The topological polar surface area (TPSA) is 67.0 Å². The largest absolute Gasteiger partial charge is 0.489 e. The van der Waals surface area contributed by atoms with E-state index in [9.17, 15) is 10.1 Å². The number of amides is 1. The van der Waals surface area contributed by atoms with E-state index in [1.165, 1.54) is 16.3 Å². The lowest BCUT2D eigenvalue weighted by Crippen LogP contribution is -2.13. The van der Waals surface area contributed by atoms with Gasteiger partial charge in [0.1, 0.15) is 24.0 Å². The van der Waals surface area contributed by atoms with Gasteiger partial charge in [0.25, 0.3) is 5.91 Å². The average molecular weight is 534 g/mol. The Morgan fingerprint density at radius 2 is 1.54 bits per heavy atom. The highest BCUT2D eigenvalue weighted by Crippen LogP contribution is 2.26. The Bertz CT molecular complexity index is 1910. The molecule has 0 saturated carbocycles. The van der Waals surface area contributed by atoms with Gasteiger partial charge in [-0.1, -0.05) is 84.9 Å². The number of hydrogen-bond donors (Lipinski definition) is 1. The minimum atomic E-state index is -0.461. The Kier molecular flexibility index (Phi) is 7.29. The molecule has 0 unspecified atom stereocenters. The molecular formula is C36H27N3O2. The van der Waals surface area contributed by atoms with Crippen LogP contribution in [0.2, 0.25) is 0 Å². The molecule has 5 heteroatoms. The van der Waals surface area contributed by atoms with Gasteiger partial charge < -0.3 is 14.6 Å². The van der Waals surface area contributed by atoms with Crippen LogP contribution in [-0.2, 0) is 17.9 Å². The summed E-state index contributed by atoms with van der Waals surface area (Å²) in [7, 11) is 0. The zero-order valence-corrected chi connectivity index (χ0v) is 22.3. The third-order valence-corrected chi connectivity index (χ3v) is 7.01. The fraction of sp³-hybridized carbons (Fsp3) is 0.0556. The van der Waals surface area contributed by atoms with Gasteiger partial charge in [0, 0.05) is 34.9 Å². The molecule has 1 N–H and O–H groups in total. The SMILES string of the molecule is N#C/C(=C\c1cn(Cc2ccc3ccccc3c2)c2ccccc12)C(=O)Nc1ccc(OCc2ccccc2)cc1. The lowest BCUT2D eigenvalue weighted by molar-refractivity contribution is -0.112. The molecule has 0 radical (unpaired) electrons. The van der Waals surface area contributed by atoms with E-state index in [1.807, 2.05) is 66.9 Å². The molecule has 0 aliphatic carbocycles. The van der Waals surface area contributed by atoms with Crippen molar-refractivity contribution in [2.45, 2.75) is 13.2 Å². The maximum Gasteiger partial charge on any atom is 0.266 e. The van der Waals surface area contributed by atoms with Crippen molar-refractivity contribution < 1.29 is 9.53 Å². The summed E-state index contributed by atoms with van der Waals surface area (Å²) in [5.74, 6) is 0.235. The molecule has 6 rings (SSSR count). The Morgan fingerprint density at radius 1 is 0.805 bits per heavy atom. The molecule has 1 aromatic heterocycles. The van der Waals surface area contributed by atoms with E-state index in [2.05, 4.69) is 52.4 Å². The highest BCUT2D eigenvalue weighted by molar-refractivity contribution is 6.10. The van der Waals surface area contributed by atoms with Crippen LogP contribution in [0, 0.1) is 11.3 Å². The van der Waals surface area contributed by atoms with Crippen molar-refractivity contribution in [1.82, 2.24) is 4.57 Å². The summed E-state index contributed by atoms with van der Waals surface area (Å²) in [6.45, 7) is 1.13. The molecule has 0 bridgehead atoms. The van der Waals surface area contributed by atoms with Crippen molar-refractivity contribution in [3.63, 3.8) is 0 Å². The number of para-hydroxylation sites is 1. The molecule has 6 aromatic rings. The van der Waals surface area contributed by atoms with Crippen LogP contribution < -0.4 is 10.1 Å². The van der Waals surface area contributed by atoms with E-state index in [-0.39, 0.29) is 5.57 Å². The number of fused-ring (bicyclic) bond motifs is 2. The number of carbonyl (C=O) groups is 1. The third-order valence-electron chi connectivity index (χ3n) is 7.01. The van der Waals surface area contributed by atoms with Gasteiger partial charge in [-0.15, -0.1) is 0 Å².